The normalized spacial score (nSPS) is 9.71. The molecule has 74 valence electrons. The zero-order valence-electron chi connectivity index (χ0n) is 7.01. The molecule has 0 aliphatic heterocycles. The number of hydrogen-bond donors (Lipinski definition) is 2. The third-order valence-corrected chi connectivity index (χ3v) is 1.62. The number of carboxylic acids is 1. The number of phenolic OH excluding ortho intramolecular Hbond substituents is 1. The van der Waals surface area contributed by atoms with Crippen molar-refractivity contribution in [2.45, 2.75) is 6.42 Å². The summed E-state index contributed by atoms with van der Waals surface area (Å²) in [5.41, 5.74) is -0.111. The largest absolute Gasteiger partial charge is 0.507 e. The van der Waals surface area contributed by atoms with E-state index in [1.807, 2.05) is 0 Å². The van der Waals surface area contributed by atoms with Crippen molar-refractivity contribution in [2.75, 3.05) is 0 Å². The third kappa shape index (κ3) is 2.19. The maximum atomic E-state index is 10.3. The van der Waals surface area contributed by atoms with E-state index in [1.165, 1.54) is 6.07 Å². The predicted octanol–water partition coefficient (Wildman–Crippen LogP) is 0.927. The van der Waals surface area contributed by atoms with Crippen LogP contribution in [0.15, 0.2) is 18.2 Å². The average molecular weight is 197 g/mol. The summed E-state index contributed by atoms with van der Waals surface area (Å²) < 4.78 is 0. The first-order valence-electron chi connectivity index (χ1n) is 3.69. The fraction of sp³-hybridized carbons (Fsp3) is 0.125. The number of hydrogen-bond acceptors (Lipinski definition) is 4. The van der Waals surface area contributed by atoms with Gasteiger partial charge in [0.1, 0.15) is 5.75 Å². The highest BCUT2D eigenvalue weighted by atomic mass is 16.6. The van der Waals surface area contributed by atoms with Gasteiger partial charge >= 0.3 is 5.97 Å². The number of nitro groups is 1. The van der Waals surface area contributed by atoms with E-state index in [-0.39, 0.29) is 23.4 Å². The van der Waals surface area contributed by atoms with Crippen LogP contribution in [-0.4, -0.2) is 21.1 Å². The first-order chi connectivity index (χ1) is 6.50. The second kappa shape index (κ2) is 3.73. The lowest BCUT2D eigenvalue weighted by Gasteiger charge is -2.00. The molecule has 1 rings (SSSR count). The number of aromatic hydroxyl groups is 1. The fourth-order valence-electron chi connectivity index (χ4n) is 0.978. The molecule has 0 fully saturated rings. The smallest absolute Gasteiger partial charge is 0.307 e. The Hall–Kier alpha value is -2.11. The van der Waals surface area contributed by atoms with Crippen LogP contribution in [-0.2, 0) is 11.2 Å². The zero-order valence-corrected chi connectivity index (χ0v) is 7.01. The maximum Gasteiger partial charge on any atom is 0.307 e. The average Bonchev–Trinajstić information content (AvgIpc) is 2.07. The number of aliphatic carboxylic acids is 1. The fourth-order valence-corrected chi connectivity index (χ4v) is 0.978. The van der Waals surface area contributed by atoms with Crippen LogP contribution in [0.3, 0.4) is 0 Å². The molecular weight excluding hydrogens is 190 g/mol. The Balaban J connectivity index is 3.01. The summed E-state index contributed by atoms with van der Waals surface area (Å²) in [6.07, 6.45) is -0.357. The summed E-state index contributed by atoms with van der Waals surface area (Å²) in [6.45, 7) is 0. The number of rotatable bonds is 3. The molecule has 0 amide bonds. The summed E-state index contributed by atoms with van der Waals surface area (Å²) in [5.74, 6) is -1.48. The molecule has 0 aliphatic carbocycles. The Labute approximate surface area is 78.6 Å². The molecule has 14 heavy (non-hydrogen) atoms. The van der Waals surface area contributed by atoms with Crippen molar-refractivity contribution in [3.8, 4) is 5.75 Å². The Bertz CT molecular complexity index is 387. The van der Waals surface area contributed by atoms with Gasteiger partial charge in [-0.1, -0.05) is 0 Å². The van der Waals surface area contributed by atoms with Gasteiger partial charge in [0.2, 0.25) is 0 Å². The molecule has 0 bridgehead atoms. The van der Waals surface area contributed by atoms with Gasteiger partial charge in [0, 0.05) is 11.6 Å². The lowest BCUT2D eigenvalue weighted by Crippen LogP contribution is -2.00. The number of carboxylic acid groups (broad SMARTS) is 1. The monoisotopic (exact) mass is 197 g/mol. The molecule has 0 radical (unpaired) electrons. The molecule has 1 aromatic rings. The number of phenols is 1. The van der Waals surface area contributed by atoms with Gasteiger partial charge in [-0.2, -0.15) is 0 Å². The van der Waals surface area contributed by atoms with Crippen LogP contribution in [0.5, 0.6) is 5.75 Å². The van der Waals surface area contributed by atoms with E-state index < -0.39 is 10.9 Å². The second-order valence-electron chi connectivity index (χ2n) is 2.64. The van der Waals surface area contributed by atoms with Crippen molar-refractivity contribution in [2.24, 2.45) is 0 Å². The van der Waals surface area contributed by atoms with Crippen LogP contribution in [0.4, 0.5) is 5.69 Å². The topological polar surface area (TPSA) is 101 Å². The van der Waals surface area contributed by atoms with E-state index in [0.29, 0.717) is 0 Å². The van der Waals surface area contributed by atoms with Crippen molar-refractivity contribution in [3.63, 3.8) is 0 Å². The quantitative estimate of drug-likeness (QED) is 0.554. The number of nitro benzene ring substituents is 1. The molecule has 0 aromatic heterocycles. The number of carbonyl (C=O) groups is 1. The van der Waals surface area contributed by atoms with E-state index in [4.69, 9.17) is 5.11 Å². The second-order valence-corrected chi connectivity index (χ2v) is 2.64. The van der Waals surface area contributed by atoms with E-state index in [9.17, 15) is 20.0 Å². The SMILES string of the molecule is O=C(O)Cc1ccc([N+](=O)[O-])cc1O. The van der Waals surface area contributed by atoms with Crippen molar-refractivity contribution in [1.82, 2.24) is 0 Å². The number of nitrogens with zero attached hydrogens (tertiary/aromatic N) is 1. The highest BCUT2D eigenvalue weighted by Gasteiger charge is 2.11. The molecule has 1 aromatic carbocycles. The van der Waals surface area contributed by atoms with Gasteiger partial charge in [0.25, 0.3) is 5.69 Å². The minimum Gasteiger partial charge on any atom is -0.507 e. The van der Waals surface area contributed by atoms with Crippen LogP contribution < -0.4 is 0 Å². The van der Waals surface area contributed by atoms with Crippen LogP contribution in [0.2, 0.25) is 0 Å². The summed E-state index contributed by atoms with van der Waals surface area (Å²) in [7, 11) is 0. The lowest BCUT2D eigenvalue weighted by molar-refractivity contribution is -0.384. The van der Waals surface area contributed by atoms with E-state index in [2.05, 4.69) is 0 Å². The maximum absolute atomic E-state index is 10.3. The molecule has 2 N–H and O–H groups in total. The number of non-ortho nitro benzene ring substituents is 1. The van der Waals surface area contributed by atoms with Crippen LogP contribution >= 0.6 is 0 Å². The minimum atomic E-state index is -1.10. The summed E-state index contributed by atoms with van der Waals surface area (Å²) in [4.78, 5) is 19.9. The lowest BCUT2D eigenvalue weighted by atomic mass is 10.1. The third-order valence-electron chi connectivity index (χ3n) is 1.62. The first-order valence-corrected chi connectivity index (χ1v) is 3.69. The van der Waals surface area contributed by atoms with Gasteiger partial charge in [0.15, 0.2) is 0 Å². The highest BCUT2D eigenvalue weighted by molar-refractivity contribution is 5.71. The van der Waals surface area contributed by atoms with Gasteiger partial charge in [0.05, 0.1) is 17.4 Å². The first kappa shape index (κ1) is 9.97. The molecule has 0 aliphatic rings. The summed E-state index contributed by atoms with van der Waals surface area (Å²) in [6, 6.07) is 3.30. The van der Waals surface area contributed by atoms with Gasteiger partial charge in [-0.15, -0.1) is 0 Å². The van der Waals surface area contributed by atoms with Gasteiger partial charge in [-0.25, -0.2) is 0 Å². The predicted molar refractivity (Wildman–Crippen MR) is 46.1 cm³/mol. The minimum absolute atomic E-state index is 0.156. The van der Waals surface area contributed by atoms with Crippen molar-refractivity contribution >= 4 is 11.7 Å². The Morgan fingerprint density at radius 2 is 2.14 bits per heavy atom. The van der Waals surface area contributed by atoms with Crippen molar-refractivity contribution < 1.29 is 19.9 Å². The van der Waals surface area contributed by atoms with Gasteiger partial charge in [-0.05, 0) is 6.07 Å². The molecule has 0 saturated heterocycles. The standard InChI is InChI=1S/C8H7NO5/c10-7-4-6(9(13)14)2-1-5(7)3-8(11)12/h1-2,4,10H,3H2,(H,11,12). The Kier molecular flexibility index (Phi) is 2.66. The molecule has 0 saturated carbocycles. The molecule has 0 heterocycles. The van der Waals surface area contributed by atoms with Gasteiger partial charge in [-0.3, -0.25) is 14.9 Å². The zero-order chi connectivity index (χ0) is 10.7. The summed E-state index contributed by atoms with van der Waals surface area (Å²) >= 11 is 0. The number of benzene rings is 1. The Morgan fingerprint density at radius 1 is 1.50 bits per heavy atom. The molecular formula is C8H7NO5. The molecule has 0 atom stereocenters. The van der Waals surface area contributed by atoms with E-state index in [1.54, 1.807) is 0 Å². The van der Waals surface area contributed by atoms with Gasteiger partial charge < -0.3 is 10.2 Å². The molecule has 6 nitrogen and oxygen atoms in total. The molecule has 0 spiro atoms. The summed E-state index contributed by atoms with van der Waals surface area (Å²) in [5, 5.41) is 27.9. The highest BCUT2D eigenvalue weighted by Crippen LogP contribution is 2.23. The van der Waals surface area contributed by atoms with Crippen molar-refractivity contribution in [3.05, 3.63) is 33.9 Å². The molecule has 6 heteroatoms. The van der Waals surface area contributed by atoms with E-state index >= 15 is 0 Å². The van der Waals surface area contributed by atoms with Crippen LogP contribution in [0, 0.1) is 10.1 Å². The molecule has 0 unspecified atom stereocenters. The van der Waals surface area contributed by atoms with Crippen molar-refractivity contribution in [1.29, 1.82) is 0 Å². The van der Waals surface area contributed by atoms with Crippen LogP contribution in [0.25, 0.3) is 0 Å². The van der Waals surface area contributed by atoms with Crippen LogP contribution in [0.1, 0.15) is 5.56 Å². The van der Waals surface area contributed by atoms with E-state index in [0.717, 1.165) is 12.1 Å². The Morgan fingerprint density at radius 3 is 2.57 bits per heavy atom.